The number of hydrogen-bond donors (Lipinski definition) is 4. The van der Waals surface area contributed by atoms with Crippen LogP contribution in [0, 0.1) is 23.6 Å². The van der Waals surface area contributed by atoms with E-state index in [1.165, 1.54) is 12.1 Å². The third-order valence-electron chi connectivity index (χ3n) is 5.67. The first kappa shape index (κ1) is 24.5. The number of hydrogen-bond acceptors (Lipinski definition) is 6. The number of likely N-dealkylation sites (N-methyl/N-ethyl adjacent to an activating group) is 1. The number of nitrogens with zero attached hydrogens (tertiary/aromatic N) is 2. The van der Waals surface area contributed by atoms with E-state index in [0.29, 0.717) is 17.5 Å². The molecule has 0 aliphatic heterocycles. The molecular weight excluding hydrogens is 419 g/mol. The molecule has 1 fully saturated rings. The van der Waals surface area contributed by atoms with Crippen LogP contribution in [0.15, 0.2) is 30.5 Å². The first-order valence-corrected chi connectivity index (χ1v) is 11.6. The molecule has 8 heteroatoms. The number of aromatic nitrogens is 2. The van der Waals surface area contributed by atoms with Gasteiger partial charge in [-0.25, -0.2) is 9.37 Å². The summed E-state index contributed by atoms with van der Waals surface area (Å²) < 4.78 is 13.5. The molecule has 1 aliphatic rings. The van der Waals surface area contributed by atoms with Crippen LogP contribution in [0.4, 0.5) is 21.8 Å². The molecule has 1 saturated carbocycles. The van der Waals surface area contributed by atoms with Crippen LogP contribution in [-0.2, 0) is 4.79 Å². The van der Waals surface area contributed by atoms with Crippen LogP contribution in [-0.4, -0.2) is 41.6 Å². The Morgan fingerprint density at radius 3 is 2.94 bits per heavy atom. The summed E-state index contributed by atoms with van der Waals surface area (Å²) in [6, 6.07) is 6.11. The maximum absolute atomic E-state index is 13.5. The van der Waals surface area contributed by atoms with Gasteiger partial charge in [-0.1, -0.05) is 31.3 Å². The lowest BCUT2D eigenvalue weighted by molar-refractivity contribution is -0.123. The molecule has 1 unspecified atom stereocenters. The molecule has 1 aliphatic carbocycles. The van der Waals surface area contributed by atoms with E-state index < -0.39 is 0 Å². The van der Waals surface area contributed by atoms with E-state index in [0.717, 1.165) is 44.2 Å². The molecule has 1 amide bonds. The number of amides is 1. The maximum atomic E-state index is 13.5. The molecule has 33 heavy (non-hydrogen) atoms. The molecule has 4 N–H and O–H groups in total. The van der Waals surface area contributed by atoms with Gasteiger partial charge < -0.3 is 21.3 Å². The predicted octanol–water partition coefficient (Wildman–Crippen LogP) is 3.82. The van der Waals surface area contributed by atoms with Gasteiger partial charge in [0.25, 0.3) is 0 Å². The molecule has 1 aromatic carbocycles. The van der Waals surface area contributed by atoms with Gasteiger partial charge in [0.15, 0.2) is 0 Å². The van der Waals surface area contributed by atoms with Crippen molar-refractivity contribution in [2.24, 2.45) is 5.92 Å². The summed E-state index contributed by atoms with van der Waals surface area (Å²) in [6.45, 7) is 4.69. The van der Waals surface area contributed by atoms with Gasteiger partial charge in [0.1, 0.15) is 11.6 Å². The van der Waals surface area contributed by atoms with Crippen molar-refractivity contribution in [1.82, 2.24) is 20.6 Å². The van der Waals surface area contributed by atoms with Crippen molar-refractivity contribution in [1.29, 1.82) is 0 Å². The topological polar surface area (TPSA) is 91.0 Å². The summed E-state index contributed by atoms with van der Waals surface area (Å²) in [5.41, 5.74) is 1.31. The summed E-state index contributed by atoms with van der Waals surface area (Å²) in [6.07, 6.45) is 6.50. The third-order valence-corrected chi connectivity index (χ3v) is 5.67. The van der Waals surface area contributed by atoms with Gasteiger partial charge in [-0.3, -0.25) is 4.79 Å². The lowest BCUT2D eigenvalue weighted by Crippen LogP contribution is -2.46. The Hall–Kier alpha value is -3.18. The number of rotatable bonds is 8. The smallest absolute Gasteiger partial charge is 0.237 e. The minimum Gasteiger partial charge on any atom is -0.369 e. The number of halogens is 1. The largest absolute Gasteiger partial charge is 0.369 e. The lowest BCUT2D eigenvalue weighted by Gasteiger charge is -2.28. The zero-order valence-corrected chi connectivity index (χ0v) is 19.5. The zero-order valence-electron chi connectivity index (χ0n) is 19.5. The highest BCUT2D eigenvalue weighted by molar-refractivity contribution is 5.81. The van der Waals surface area contributed by atoms with E-state index in [-0.39, 0.29) is 29.7 Å². The molecule has 2 aromatic rings. The molecule has 7 nitrogen and oxygen atoms in total. The lowest BCUT2D eigenvalue weighted by atomic mass is 9.86. The van der Waals surface area contributed by atoms with Gasteiger partial charge >= 0.3 is 0 Å². The first-order valence-electron chi connectivity index (χ1n) is 11.6. The minimum absolute atomic E-state index is 0.0250. The Kier molecular flexibility index (Phi) is 9.02. The van der Waals surface area contributed by atoms with Crippen LogP contribution in [0.25, 0.3) is 0 Å². The van der Waals surface area contributed by atoms with Crippen LogP contribution in [0.2, 0.25) is 0 Å². The monoisotopic (exact) mass is 452 g/mol. The summed E-state index contributed by atoms with van der Waals surface area (Å²) in [4.78, 5) is 21.1. The van der Waals surface area contributed by atoms with Crippen molar-refractivity contribution in [2.75, 3.05) is 24.2 Å². The average molecular weight is 453 g/mol. The predicted molar refractivity (Wildman–Crippen MR) is 130 cm³/mol. The Labute approximate surface area is 195 Å². The zero-order chi connectivity index (χ0) is 23.6. The Bertz CT molecular complexity index is 1000. The normalized spacial score (nSPS) is 18.5. The summed E-state index contributed by atoms with van der Waals surface area (Å²) >= 11 is 0. The van der Waals surface area contributed by atoms with Gasteiger partial charge in [0.2, 0.25) is 11.9 Å². The second-order valence-corrected chi connectivity index (χ2v) is 8.37. The number of anilines is 3. The van der Waals surface area contributed by atoms with Crippen molar-refractivity contribution in [3.05, 3.63) is 41.8 Å². The highest BCUT2D eigenvalue weighted by Crippen LogP contribution is 2.24. The second-order valence-electron chi connectivity index (χ2n) is 8.37. The Morgan fingerprint density at radius 1 is 1.33 bits per heavy atom. The van der Waals surface area contributed by atoms with Crippen molar-refractivity contribution < 1.29 is 9.18 Å². The van der Waals surface area contributed by atoms with E-state index in [9.17, 15) is 9.18 Å². The van der Waals surface area contributed by atoms with Gasteiger partial charge in [-0.05, 0) is 57.9 Å². The van der Waals surface area contributed by atoms with E-state index in [2.05, 4.69) is 50.0 Å². The van der Waals surface area contributed by atoms with Crippen molar-refractivity contribution >= 4 is 23.4 Å². The quantitative estimate of drug-likeness (QED) is 0.455. The van der Waals surface area contributed by atoms with Gasteiger partial charge in [0, 0.05) is 24.2 Å². The highest BCUT2D eigenvalue weighted by Gasteiger charge is 2.23. The van der Waals surface area contributed by atoms with Gasteiger partial charge in [0.05, 0.1) is 17.8 Å². The van der Waals surface area contributed by atoms with Gasteiger partial charge in [-0.15, -0.1) is 0 Å². The SMILES string of the molecule is CCCNc1nc(Nc2cccc(F)c2)ncc1C#CC1CCC[C@H](NC(=O)[C@H](C)NC)C1. The molecular formula is C25H33FN6O. The number of carbonyl (C=O) groups excluding carboxylic acids is 1. The molecule has 1 aromatic heterocycles. The van der Waals surface area contributed by atoms with Crippen molar-refractivity contribution in [2.45, 2.75) is 58.0 Å². The molecule has 1 heterocycles. The van der Waals surface area contributed by atoms with Gasteiger partial charge in [-0.2, -0.15) is 4.98 Å². The summed E-state index contributed by atoms with van der Waals surface area (Å²) in [5.74, 6) is 7.56. The van der Waals surface area contributed by atoms with E-state index in [1.807, 2.05) is 6.92 Å². The van der Waals surface area contributed by atoms with Crippen molar-refractivity contribution in [3.63, 3.8) is 0 Å². The highest BCUT2D eigenvalue weighted by atomic mass is 19.1. The molecule has 3 rings (SSSR count). The first-order chi connectivity index (χ1) is 16.0. The fourth-order valence-electron chi connectivity index (χ4n) is 3.70. The van der Waals surface area contributed by atoms with Crippen LogP contribution < -0.4 is 21.3 Å². The Balaban J connectivity index is 1.71. The summed E-state index contributed by atoms with van der Waals surface area (Å²) in [5, 5.41) is 12.5. The maximum Gasteiger partial charge on any atom is 0.237 e. The second kappa shape index (κ2) is 12.2. The van der Waals surface area contributed by atoms with E-state index >= 15 is 0 Å². The third kappa shape index (κ3) is 7.43. The van der Waals surface area contributed by atoms with Crippen LogP contribution >= 0.6 is 0 Å². The van der Waals surface area contributed by atoms with E-state index in [1.54, 1.807) is 25.4 Å². The molecule has 3 atom stereocenters. The van der Waals surface area contributed by atoms with Crippen LogP contribution in [0.5, 0.6) is 0 Å². The molecule has 0 bridgehead atoms. The minimum atomic E-state index is -0.325. The van der Waals surface area contributed by atoms with Crippen LogP contribution in [0.3, 0.4) is 0 Å². The average Bonchev–Trinajstić information content (AvgIpc) is 2.81. The number of carbonyl (C=O) groups is 1. The van der Waals surface area contributed by atoms with E-state index in [4.69, 9.17) is 0 Å². The molecule has 0 spiro atoms. The molecule has 0 saturated heterocycles. The summed E-state index contributed by atoms with van der Waals surface area (Å²) in [7, 11) is 1.78. The fourth-order valence-corrected chi connectivity index (χ4v) is 3.70. The number of benzene rings is 1. The number of nitrogens with one attached hydrogen (secondary N) is 4. The Morgan fingerprint density at radius 2 is 2.18 bits per heavy atom. The standard InChI is InChI=1S/C25H33FN6O/c1-4-13-28-23-19(16-29-25(32-23)31-22-10-6-8-20(26)15-22)12-11-18-7-5-9-21(14-18)30-24(33)17(2)27-3/h6,8,10,15-18,21,27H,4-5,7,9,13-14H2,1-3H3,(H,30,33)(H2,28,29,31,32)/t17-,18?,21-/m0/s1. The fraction of sp³-hybridized carbons (Fsp3) is 0.480. The van der Waals surface area contributed by atoms with Crippen LogP contribution in [0.1, 0.15) is 51.5 Å². The molecule has 176 valence electrons. The van der Waals surface area contributed by atoms with Crippen molar-refractivity contribution in [3.8, 4) is 11.8 Å². The molecule has 0 radical (unpaired) electrons.